The summed E-state index contributed by atoms with van der Waals surface area (Å²) in [4.78, 5) is 18.5. The van der Waals surface area contributed by atoms with Crippen LogP contribution < -0.4 is 10.9 Å². The monoisotopic (exact) mass is 445 g/mol. The highest BCUT2D eigenvalue weighted by atomic mass is 127. The molecular formula is C11H16IN3O6S. The van der Waals surface area contributed by atoms with Crippen molar-refractivity contribution in [1.29, 1.82) is 0 Å². The van der Waals surface area contributed by atoms with Crippen molar-refractivity contribution in [1.82, 2.24) is 9.97 Å². The van der Waals surface area contributed by atoms with Gasteiger partial charge >= 0.3 is 0 Å². The van der Waals surface area contributed by atoms with Crippen LogP contribution in [-0.4, -0.2) is 73.9 Å². The number of hydrogen-bond donors (Lipinski definition) is 6. The van der Waals surface area contributed by atoms with E-state index in [4.69, 9.17) is 9.84 Å². The van der Waals surface area contributed by atoms with Crippen molar-refractivity contribution in [3.05, 3.63) is 13.9 Å². The van der Waals surface area contributed by atoms with E-state index < -0.39 is 37.3 Å². The smallest absolute Gasteiger partial charge is 0.267 e. The van der Waals surface area contributed by atoms with Gasteiger partial charge in [0.15, 0.2) is 11.4 Å². The fraction of sp³-hybridized carbons (Fsp3) is 0.636. The maximum atomic E-state index is 11.8. The van der Waals surface area contributed by atoms with Crippen LogP contribution in [-0.2, 0) is 4.74 Å². The lowest BCUT2D eigenvalue weighted by atomic mass is 9.98. The average Bonchev–Trinajstić information content (AvgIpc) is 2.51. The predicted octanol–water partition coefficient (Wildman–Crippen LogP) is -1.69. The van der Waals surface area contributed by atoms with Crippen molar-refractivity contribution in [3.63, 3.8) is 0 Å². The second-order valence-electron chi connectivity index (χ2n) is 4.63. The molecule has 2 heterocycles. The van der Waals surface area contributed by atoms with Gasteiger partial charge in [-0.15, -0.1) is 0 Å². The number of H-pyrrole nitrogens is 1. The van der Waals surface area contributed by atoms with Crippen LogP contribution >= 0.6 is 34.4 Å². The Kier molecular flexibility index (Phi) is 6.04. The summed E-state index contributed by atoms with van der Waals surface area (Å²) in [5.74, 6) is 0.179. The summed E-state index contributed by atoms with van der Waals surface area (Å²) in [5.41, 5.74) is -0.355. The summed E-state index contributed by atoms with van der Waals surface area (Å²) in [5, 5.41) is 41.7. The Labute approximate surface area is 143 Å². The van der Waals surface area contributed by atoms with E-state index in [1.807, 2.05) is 0 Å². The topological polar surface area (TPSA) is 148 Å². The largest absolute Gasteiger partial charge is 0.394 e. The maximum Gasteiger partial charge on any atom is 0.267 e. The molecule has 11 heteroatoms. The van der Waals surface area contributed by atoms with Crippen molar-refractivity contribution in [2.45, 2.75) is 35.8 Å². The molecule has 5 atom stereocenters. The number of anilines is 1. The van der Waals surface area contributed by atoms with E-state index in [2.05, 4.69) is 15.3 Å². The standard InChI is InChI=1S/C11H16IN3O6S/c1-22-11-14-8(4(12)9(20)15-11)13-10-7(19)6(18)5(17)3(2-16)21-10/h3,5-7,10,16-19H,2H2,1H3,(H2,13,14,15,20)/t3-,5+,6+,7-,10+/m0/s1. The van der Waals surface area contributed by atoms with Gasteiger partial charge in [-0.1, -0.05) is 11.8 Å². The summed E-state index contributed by atoms with van der Waals surface area (Å²) < 4.78 is 5.58. The Balaban J connectivity index is 2.26. The van der Waals surface area contributed by atoms with Gasteiger partial charge in [0.1, 0.15) is 33.8 Å². The Morgan fingerprint density at radius 2 is 2.05 bits per heavy atom. The molecule has 0 amide bonds. The van der Waals surface area contributed by atoms with E-state index >= 15 is 0 Å². The summed E-state index contributed by atoms with van der Waals surface area (Å²) >= 11 is 3.02. The van der Waals surface area contributed by atoms with Gasteiger partial charge < -0.3 is 35.5 Å². The van der Waals surface area contributed by atoms with E-state index in [0.29, 0.717) is 5.16 Å². The molecule has 0 unspecified atom stereocenters. The van der Waals surface area contributed by atoms with Gasteiger partial charge in [0, 0.05) is 0 Å². The molecule has 1 aliphatic heterocycles. The minimum absolute atomic E-state index is 0.179. The molecule has 0 spiro atoms. The number of hydrogen-bond acceptors (Lipinski definition) is 9. The number of ether oxygens (including phenoxy) is 1. The lowest BCUT2D eigenvalue weighted by molar-refractivity contribution is -0.221. The first kappa shape index (κ1) is 17.9. The third-order valence-corrected chi connectivity index (χ3v) is 4.79. The summed E-state index contributed by atoms with van der Waals surface area (Å²) in [6.45, 7) is -0.529. The molecule has 0 bridgehead atoms. The Morgan fingerprint density at radius 1 is 1.36 bits per heavy atom. The van der Waals surface area contributed by atoms with Crippen molar-refractivity contribution >= 4 is 40.2 Å². The summed E-state index contributed by atoms with van der Waals surface area (Å²) in [6.07, 6.45) is -4.81. The van der Waals surface area contributed by atoms with Crippen LogP contribution in [0.4, 0.5) is 5.82 Å². The maximum absolute atomic E-state index is 11.8. The molecule has 6 N–H and O–H groups in total. The molecule has 0 aliphatic carbocycles. The third-order valence-electron chi connectivity index (χ3n) is 3.21. The number of aliphatic hydroxyl groups is 4. The zero-order valence-electron chi connectivity index (χ0n) is 11.4. The van der Waals surface area contributed by atoms with Crippen molar-refractivity contribution in [2.75, 3.05) is 18.2 Å². The minimum atomic E-state index is -1.50. The van der Waals surface area contributed by atoms with Gasteiger partial charge in [0.05, 0.1) is 6.61 Å². The van der Waals surface area contributed by atoms with E-state index in [9.17, 15) is 20.1 Å². The molecule has 1 aliphatic rings. The number of aliphatic hydroxyl groups excluding tert-OH is 4. The van der Waals surface area contributed by atoms with Gasteiger partial charge in [-0.3, -0.25) is 4.79 Å². The van der Waals surface area contributed by atoms with E-state index in [1.54, 1.807) is 28.8 Å². The molecule has 1 aromatic heterocycles. The van der Waals surface area contributed by atoms with Crippen molar-refractivity contribution < 1.29 is 25.2 Å². The first-order valence-corrected chi connectivity index (χ1v) is 8.60. The van der Waals surface area contributed by atoms with E-state index in [1.165, 1.54) is 11.8 Å². The van der Waals surface area contributed by atoms with Crippen LogP contribution in [0.2, 0.25) is 0 Å². The number of halogens is 1. The lowest BCUT2D eigenvalue weighted by Crippen LogP contribution is -2.60. The molecule has 22 heavy (non-hydrogen) atoms. The second-order valence-corrected chi connectivity index (χ2v) is 6.51. The highest BCUT2D eigenvalue weighted by molar-refractivity contribution is 14.1. The molecule has 1 fully saturated rings. The van der Waals surface area contributed by atoms with Crippen LogP contribution in [0.1, 0.15) is 0 Å². The zero-order valence-corrected chi connectivity index (χ0v) is 14.4. The van der Waals surface area contributed by atoms with Crippen molar-refractivity contribution in [3.8, 4) is 0 Å². The molecule has 1 saturated heterocycles. The number of nitrogens with one attached hydrogen (secondary N) is 2. The zero-order chi connectivity index (χ0) is 16.4. The second kappa shape index (κ2) is 7.42. The van der Waals surface area contributed by atoms with Crippen LogP contribution in [0.25, 0.3) is 0 Å². The van der Waals surface area contributed by atoms with Crippen LogP contribution in [0, 0.1) is 3.57 Å². The highest BCUT2D eigenvalue weighted by Crippen LogP contribution is 2.24. The molecule has 0 aromatic carbocycles. The highest BCUT2D eigenvalue weighted by Gasteiger charge is 2.43. The minimum Gasteiger partial charge on any atom is -0.394 e. The first-order valence-electron chi connectivity index (χ1n) is 6.30. The van der Waals surface area contributed by atoms with Gasteiger partial charge in [0.2, 0.25) is 0 Å². The molecule has 1 aromatic rings. The lowest BCUT2D eigenvalue weighted by Gasteiger charge is -2.40. The SMILES string of the molecule is CSc1nc(N[C@@H]2O[C@@H](CO)[C@@H](O)[C@@H](O)[C@@H]2O)c(I)c(=O)[nH]1. The van der Waals surface area contributed by atoms with Crippen LogP contribution in [0.5, 0.6) is 0 Å². The Hall–Kier alpha value is -0.440. The average molecular weight is 445 g/mol. The fourth-order valence-electron chi connectivity index (χ4n) is 1.99. The van der Waals surface area contributed by atoms with Crippen LogP contribution in [0.3, 0.4) is 0 Å². The van der Waals surface area contributed by atoms with Gasteiger partial charge in [-0.05, 0) is 28.8 Å². The Bertz CT molecular complexity index is 585. The quantitative estimate of drug-likeness (QED) is 0.181. The first-order chi connectivity index (χ1) is 10.4. The van der Waals surface area contributed by atoms with Gasteiger partial charge in [-0.25, -0.2) is 4.98 Å². The number of nitrogens with zero attached hydrogens (tertiary/aromatic N) is 1. The van der Waals surface area contributed by atoms with E-state index in [0.717, 1.165) is 0 Å². The number of thioether (sulfide) groups is 1. The van der Waals surface area contributed by atoms with Gasteiger partial charge in [-0.2, -0.15) is 0 Å². The molecule has 9 nitrogen and oxygen atoms in total. The predicted molar refractivity (Wildman–Crippen MR) is 86.7 cm³/mol. The summed E-state index contributed by atoms with van der Waals surface area (Å²) in [6, 6.07) is 0. The molecular weight excluding hydrogens is 429 g/mol. The third kappa shape index (κ3) is 3.55. The number of aromatic amines is 1. The van der Waals surface area contributed by atoms with Crippen molar-refractivity contribution in [2.24, 2.45) is 0 Å². The fourth-order valence-corrected chi connectivity index (χ4v) is 2.77. The van der Waals surface area contributed by atoms with Crippen LogP contribution in [0.15, 0.2) is 9.95 Å². The number of aromatic nitrogens is 2. The molecule has 0 radical (unpaired) electrons. The molecule has 124 valence electrons. The van der Waals surface area contributed by atoms with Gasteiger partial charge in [0.25, 0.3) is 5.56 Å². The normalized spacial score (nSPS) is 32.0. The Morgan fingerprint density at radius 3 is 2.64 bits per heavy atom. The number of rotatable bonds is 4. The van der Waals surface area contributed by atoms with E-state index in [-0.39, 0.29) is 14.9 Å². The molecule has 2 rings (SSSR count). The molecule has 0 saturated carbocycles. The summed E-state index contributed by atoms with van der Waals surface area (Å²) in [7, 11) is 0.